The van der Waals surface area contributed by atoms with Gasteiger partial charge in [0.15, 0.2) is 0 Å². The maximum absolute atomic E-state index is 4.18. The van der Waals surface area contributed by atoms with Crippen LogP contribution in [0.4, 0.5) is 0 Å². The molecule has 0 saturated carbocycles. The Kier molecular flexibility index (Phi) is 3.11. The molecule has 0 aliphatic carbocycles. The fraction of sp³-hybridized carbons (Fsp3) is 0.625. The number of aryl methyl sites for hydroxylation is 2. The second kappa shape index (κ2) is 4.13. The molecule has 1 rings (SSSR count). The molecule has 3 heteroatoms. The highest BCUT2D eigenvalue weighted by atomic mass is 15.3. The Bertz CT molecular complexity index is 205. The SMILES string of the molecule is CNCCCn1cc(C)cn1. The molecule has 0 amide bonds. The summed E-state index contributed by atoms with van der Waals surface area (Å²) >= 11 is 0. The van der Waals surface area contributed by atoms with E-state index in [9.17, 15) is 0 Å². The van der Waals surface area contributed by atoms with Crippen LogP contribution in [0.25, 0.3) is 0 Å². The van der Waals surface area contributed by atoms with Gasteiger partial charge in [-0.3, -0.25) is 4.68 Å². The number of hydrogen-bond acceptors (Lipinski definition) is 2. The molecule has 0 bridgehead atoms. The van der Waals surface area contributed by atoms with Crippen molar-refractivity contribution in [2.75, 3.05) is 13.6 Å². The fourth-order valence-electron chi connectivity index (χ4n) is 1.01. The summed E-state index contributed by atoms with van der Waals surface area (Å²) in [6.07, 6.45) is 5.09. The molecule has 3 nitrogen and oxygen atoms in total. The van der Waals surface area contributed by atoms with Crippen molar-refractivity contribution in [3.05, 3.63) is 18.0 Å². The van der Waals surface area contributed by atoms with E-state index in [4.69, 9.17) is 0 Å². The van der Waals surface area contributed by atoms with Crippen molar-refractivity contribution in [2.45, 2.75) is 19.9 Å². The molecule has 1 aromatic heterocycles. The molecule has 0 aromatic carbocycles. The van der Waals surface area contributed by atoms with Gasteiger partial charge in [-0.1, -0.05) is 0 Å². The third-order valence-electron chi connectivity index (χ3n) is 1.58. The summed E-state index contributed by atoms with van der Waals surface area (Å²) in [5, 5.41) is 7.28. The van der Waals surface area contributed by atoms with Crippen LogP contribution in [-0.4, -0.2) is 23.4 Å². The van der Waals surface area contributed by atoms with Crippen molar-refractivity contribution in [3.8, 4) is 0 Å². The van der Waals surface area contributed by atoms with Crippen molar-refractivity contribution in [1.29, 1.82) is 0 Å². The van der Waals surface area contributed by atoms with Crippen LogP contribution < -0.4 is 5.32 Å². The smallest absolute Gasteiger partial charge is 0.0518 e. The van der Waals surface area contributed by atoms with Crippen LogP contribution in [-0.2, 0) is 6.54 Å². The largest absolute Gasteiger partial charge is 0.320 e. The molecule has 0 spiro atoms. The lowest BCUT2D eigenvalue weighted by Gasteiger charge is -1.99. The predicted octanol–water partition coefficient (Wildman–Crippen LogP) is 0.801. The molecule has 0 aliphatic heterocycles. The van der Waals surface area contributed by atoms with Gasteiger partial charge in [0.25, 0.3) is 0 Å². The van der Waals surface area contributed by atoms with Crippen LogP contribution >= 0.6 is 0 Å². The van der Waals surface area contributed by atoms with E-state index in [2.05, 4.69) is 23.5 Å². The first-order valence-corrected chi connectivity index (χ1v) is 3.96. The van der Waals surface area contributed by atoms with Crippen molar-refractivity contribution >= 4 is 0 Å². The Labute approximate surface area is 67.4 Å². The Morgan fingerprint density at radius 2 is 2.45 bits per heavy atom. The van der Waals surface area contributed by atoms with Gasteiger partial charge in [-0.05, 0) is 32.5 Å². The van der Waals surface area contributed by atoms with Gasteiger partial charge in [0.1, 0.15) is 0 Å². The monoisotopic (exact) mass is 153 g/mol. The zero-order chi connectivity index (χ0) is 8.10. The Morgan fingerprint density at radius 3 is 3.00 bits per heavy atom. The molecule has 0 unspecified atom stereocenters. The van der Waals surface area contributed by atoms with Crippen LogP contribution in [0.2, 0.25) is 0 Å². The average molecular weight is 153 g/mol. The molecular weight excluding hydrogens is 138 g/mol. The van der Waals surface area contributed by atoms with Gasteiger partial charge >= 0.3 is 0 Å². The van der Waals surface area contributed by atoms with Crippen molar-refractivity contribution < 1.29 is 0 Å². The summed E-state index contributed by atoms with van der Waals surface area (Å²) < 4.78 is 1.98. The van der Waals surface area contributed by atoms with E-state index in [0.717, 1.165) is 19.5 Å². The Balaban J connectivity index is 2.27. The van der Waals surface area contributed by atoms with Crippen molar-refractivity contribution in [3.63, 3.8) is 0 Å². The highest BCUT2D eigenvalue weighted by Crippen LogP contribution is 1.94. The Hall–Kier alpha value is -0.830. The minimum Gasteiger partial charge on any atom is -0.320 e. The first kappa shape index (κ1) is 8.27. The molecule has 62 valence electrons. The second-order valence-corrected chi connectivity index (χ2v) is 2.74. The van der Waals surface area contributed by atoms with Crippen LogP contribution in [0.3, 0.4) is 0 Å². The molecule has 1 heterocycles. The molecule has 0 aliphatic rings. The predicted molar refractivity (Wildman–Crippen MR) is 45.5 cm³/mol. The van der Waals surface area contributed by atoms with E-state index in [-0.39, 0.29) is 0 Å². The number of nitrogens with one attached hydrogen (secondary N) is 1. The minimum atomic E-state index is 1.01. The highest BCUT2D eigenvalue weighted by molar-refractivity contribution is 4.99. The minimum absolute atomic E-state index is 1.01. The number of nitrogens with zero attached hydrogens (tertiary/aromatic N) is 2. The van der Waals surface area contributed by atoms with Crippen LogP contribution in [0.5, 0.6) is 0 Å². The standard InChI is InChI=1S/C8H15N3/c1-8-6-10-11(7-8)5-3-4-9-2/h6-7,9H,3-5H2,1-2H3. The highest BCUT2D eigenvalue weighted by Gasteiger charge is 1.91. The van der Waals surface area contributed by atoms with Gasteiger partial charge in [-0.15, -0.1) is 0 Å². The summed E-state index contributed by atoms with van der Waals surface area (Å²) in [7, 11) is 1.97. The van der Waals surface area contributed by atoms with Crippen molar-refractivity contribution in [1.82, 2.24) is 15.1 Å². The summed E-state index contributed by atoms with van der Waals surface area (Å²) in [6.45, 7) is 4.12. The maximum Gasteiger partial charge on any atom is 0.0518 e. The second-order valence-electron chi connectivity index (χ2n) is 2.74. The molecule has 0 fully saturated rings. The van der Waals surface area contributed by atoms with E-state index in [0.29, 0.717) is 0 Å². The van der Waals surface area contributed by atoms with E-state index in [1.165, 1.54) is 5.56 Å². The third kappa shape index (κ3) is 2.72. The molecular formula is C8H15N3. The lowest BCUT2D eigenvalue weighted by atomic mass is 10.4. The zero-order valence-electron chi connectivity index (χ0n) is 7.17. The molecule has 11 heavy (non-hydrogen) atoms. The fourth-order valence-corrected chi connectivity index (χ4v) is 1.01. The first-order valence-electron chi connectivity index (χ1n) is 3.96. The quantitative estimate of drug-likeness (QED) is 0.648. The van der Waals surface area contributed by atoms with E-state index < -0.39 is 0 Å². The molecule has 0 radical (unpaired) electrons. The third-order valence-corrected chi connectivity index (χ3v) is 1.58. The van der Waals surface area contributed by atoms with Gasteiger partial charge < -0.3 is 5.32 Å². The molecule has 0 saturated heterocycles. The van der Waals surface area contributed by atoms with Gasteiger partial charge in [0.05, 0.1) is 6.20 Å². The van der Waals surface area contributed by atoms with Gasteiger partial charge in [-0.25, -0.2) is 0 Å². The van der Waals surface area contributed by atoms with Crippen LogP contribution in [0.15, 0.2) is 12.4 Å². The van der Waals surface area contributed by atoms with Gasteiger partial charge in [0.2, 0.25) is 0 Å². The number of aromatic nitrogens is 2. The lowest BCUT2D eigenvalue weighted by molar-refractivity contribution is 0.562. The first-order chi connectivity index (χ1) is 5.33. The summed E-state index contributed by atoms with van der Waals surface area (Å²) in [5.74, 6) is 0. The normalized spacial score (nSPS) is 10.4. The molecule has 1 aromatic rings. The van der Waals surface area contributed by atoms with Crippen molar-refractivity contribution in [2.24, 2.45) is 0 Å². The summed E-state index contributed by atoms with van der Waals surface area (Å²) in [6, 6.07) is 0. The topological polar surface area (TPSA) is 29.9 Å². The zero-order valence-corrected chi connectivity index (χ0v) is 7.17. The maximum atomic E-state index is 4.18. The number of rotatable bonds is 4. The average Bonchev–Trinajstić information content (AvgIpc) is 2.37. The van der Waals surface area contributed by atoms with Crippen LogP contribution in [0.1, 0.15) is 12.0 Å². The van der Waals surface area contributed by atoms with Gasteiger partial charge in [0, 0.05) is 12.7 Å². The Morgan fingerprint density at radius 1 is 1.64 bits per heavy atom. The summed E-state index contributed by atoms with van der Waals surface area (Å²) in [5.41, 5.74) is 1.23. The van der Waals surface area contributed by atoms with E-state index in [1.54, 1.807) is 0 Å². The summed E-state index contributed by atoms with van der Waals surface area (Å²) in [4.78, 5) is 0. The molecule has 1 N–H and O–H groups in total. The van der Waals surface area contributed by atoms with E-state index >= 15 is 0 Å². The lowest BCUT2D eigenvalue weighted by Crippen LogP contribution is -2.11. The van der Waals surface area contributed by atoms with Gasteiger partial charge in [-0.2, -0.15) is 5.10 Å². The van der Waals surface area contributed by atoms with Crippen LogP contribution in [0, 0.1) is 6.92 Å². The van der Waals surface area contributed by atoms with E-state index in [1.807, 2.05) is 17.9 Å². The molecule has 0 atom stereocenters. The number of hydrogen-bond donors (Lipinski definition) is 1.